The van der Waals surface area contributed by atoms with Crippen LogP contribution in [0.5, 0.6) is 0 Å². The molecule has 0 aliphatic carbocycles. The molecule has 0 N–H and O–H groups in total. The van der Waals surface area contributed by atoms with Crippen LogP contribution >= 0.6 is 0 Å². The van der Waals surface area contributed by atoms with Crippen LogP contribution in [0.25, 0.3) is 0 Å². The van der Waals surface area contributed by atoms with E-state index in [0.717, 1.165) is 0 Å². The van der Waals surface area contributed by atoms with Gasteiger partial charge in [-0.3, -0.25) is 0 Å². The largest absolute Gasteiger partial charge is 0.0844 e. The summed E-state index contributed by atoms with van der Waals surface area (Å²) in [4.78, 5) is 0. The smallest absolute Gasteiger partial charge is 0.0654 e. The van der Waals surface area contributed by atoms with Gasteiger partial charge in [-0.1, -0.05) is 182 Å². The van der Waals surface area contributed by atoms with Gasteiger partial charge in [0.05, 0.1) is 16.1 Å². The van der Waals surface area contributed by atoms with Crippen LogP contribution in [-0.2, 0) is 0 Å². The third kappa shape index (κ3) is 6.26. The van der Waals surface area contributed by atoms with Crippen LogP contribution in [0.15, 0.2) is 60.7 Å². The zero-order valence-corrected chi connectivity index (χ0v) is 24.1. The van der Waals surface area contributed by atoms with E-state index in [1.807, 2.05) is 0 Å². The molecule has 0 atom stereocenters. The van der Waals surface area contributed by atoms with Crippen molar-refractivity contribution in [2.45, 2.75) is 115 Å². The molecule has 2 aromatic rings. The molecule has 0 radical (unpaired) electrons. The lowest BCUT2D eigenvalue weighted by atomic mass is 10.0. The lowest BCUT2D eigenvalue weighted by molar-refractivity contribution is 0.498. The Labute approximate surface area is 202 Å². The van der Waals surface area contributed by atoms with Gasteiger partial charge in [0.15, 0.2) is 0 Å². The summed E-state index contributed by atoms with van der Waals surface area (Å²) in [6.07, 6.45) is 15.3. The fraction of sp³-hybridized carbons (Fsp3) is 0.600. The standard InChI is InChI=1S/C30H50Si2/c1-7-9-11-12-13-21-27-30(26-20-10-8-2,31(3,4)28-22-16-14-17-23-28)32(5,6)29-24-18-15-19-25-29/h14-19,22-25H,7-13,20-21,26-27H2,1-6H3. The van der Waals surface area contributed by atoms with Gasteiger partial charge in [0.2, 0.25) is 0 Å². The Morgan fingerprint density at radius 1 is 0.500 bits per heavy atom. The average Bonchev–Trinajstić information content (AvgIpc) is 2.81. The van der Waals surface area contributed by atoms with Gasteiger partial charge in [0.1, 0.15) is 0 Å². The van der Waals surface area contributed by atoms with Crippen molar-refractivity contribution in [3.05, 3.63) is 60.7 Å². The van der Waals surface area contributed by atoms with Gasteiger partial charge in [-0.05, 0) is 4.66 Å². The molecule has 0 spiro atoms. The summed E-state index contributed by atoms with van der Waals surface area (Å²) < 4.78 is 0.475. The van der Waals surface area contributed by atoms with Crippen molar-refractivity contribution < 1.29 is 0 Å². The molecule has 0 nitrogen and oxygen atoms in total. The molecule has 0 saturated carbocycles. The molecule has 0 amide bonds. The number of unbranched alkanes of at least 4 members (excludes halogenated alkanes) is 7. The molecule has 32 heavy (non-hydrogen) atoms. The van der Waals surface area contributed by atoms with E-state index in [2.05, 4.69) is 101 Å². The van der Waals surface area contributed by atoms with E-state index in [-0.39, 0.29) is 0 Å². The lowest BCUT2D eigenvalue weighted by Gasteiger charge is -2.56. The Kier molecular flexibility index (Phi) is 11.0. The molecule has 0 bridgehead atoms. The molecule has 0 unspecified atom stereocenters. The number of hydrogen-bond donors (Lipinski definition) is 0. The Morgan fingerprint density at radius 2 is 0.844 bits per heavy atom. The predicted molar refractivity (Wildman–Crippen MR) is 152 cm³/mol. The predicted octanol–water partition coefficient (Wildman–Crippen LogP) is 8.83. The monoisotopic (exact) mass is 466 g/mol. The fourth-order valence-electron chi connectivity index (χ4n) is 6.30. The molecular formula is C30H50Si2. The minimum Gasteiger partial charge on any atom is -0.0654 e. The molecule has 2 rings (SSSR count). The van der Waals surface area contributed by atoms with Crippen molar-refractivity contribution in [3.8, 4) is 0 Å². The maximum absolute atomic E-state index is 2.71. The highest BCUT2D eigenvalue weighted by Crippen LogP contribution is 2.54. The molecule has 0 saturated heterocycles. The van der Waals surface area contributed by atoms with E-state index in [1.165, 1.54) is 70.6 Å². The minimum absolute atomic E-state index is 0.475. The van der Waals surface area contributed by atoms with E-state index in [4.69, 9.17) is 0 Å². The first-order valence-corrected chi connectivity index (χ1v) is 19.4. The SMILES string of the molecule is CCCCCCCCC(CCCCC)([Si](C)(C)c1ccccc1)[Si](C)(C)c1ccccc1. The van der Waals surface area contributed by atoms with Crippen LogP contribution < -0.4 is 10.4 Å². The van der Waals surface area contributed by atoms with Gasteiger partial charge in [-0.15, -0.1) is 0 Å². The van der Waals surface area contributed by atoms with E-state index in [0.29, 0.717) is 4.66 Å². The van der Waals surface area contributed by atoms with E-state index >= 15 is 0 Å². The van der Waals surface area contributed by atoms with E-state index in [9.17, 15) is 0 Å². The van der Waals surface area contributed by atoms with Crippen LogP contribution in [0.2, 0.25) is 30.8 Å². The van der Waals surface area contributed by atoms with Gasteiger partial charge in [-0.25, -0.2) is 0 Å². The number of benzene rings is 2. The Balaban J connectivity index is 2.51. The van der Waals surface area contributed by atoms with Gasteiger partial charge in [0, 0.05) is 0 Å². The molecule has 2 heteroatoms. The summed E-state index contributed by atoms with van der Waals surface area (Å²) in [7, 11) is -3.48. The van der Waals surface area contributed by atoms with Gasteiger partial charge in [0.25, 0.3) is 0 Å². The second-order valence-corrected chi connectivity index (χ2v) is 21.1. The molecule has 178 valence electrons. The summed E-state index contributed by atoms with van der Waals surface area (Å²) in [5.74, 6) is 0. The van der Waals surface area contributed by atoms with Crippen molar-refractivity contribution in [2.24, 2.45) is 0 Å². The summed E-state index contributed by atoms with van der Waals surface area (Å²) in [5, 5.41) is 3.33. The molecular weight excluding hydrogens is 417 g/mol. The van der Waals surface area contributed by atoms with Crippen molar-refractivity contribution >= 4 is 26.5 Å². The van der Waals surface area contributed by atoms with Gasteiger partial charge >= 0.3 is 0 Å². The normalized spacial score (nSPS) is 12.8. The third-order valence-electron chi connectivity index (χ3n) is 8.55. The topological polar surface area (TPSA) is 0 Å². The van der Waals surface area contributed by atoms with Crippen LogP contribution in [-0.4, -0.2) is 16.1 Å². The number of hydrogen-bond acceptors (Lipinski definition) is 0. The summed E-state index contributed by atoms with van der Waals surface area (Å²) in [6.45, 7) is 15.5. The summed E-state index contributed by atoms with van der Waals surface area (Å²) >= 11 is 0. The van der Waals surface area contributed by atoms with E-state index in [1.54, 1.807) is 10.4 Å². The highest BCUT2D eigenvalue weighted by molar-refractivity contribution is 7.10. The quantitative estimate of drug-likeness (QED) is 0.182. The van der Waals surface area contributed by atoms with Crippen LogP contribution in [0.4, 0.5) is 0 Å². The highest BCUT2D eigenvalue weighted by Gasteiger charge is 2.56. The zero-order chi connectivity index (χ0) is 23.5. The molecule has 0 aliphatic heterocycles. The van der Waals surface area contributed by atoms with Crippen molar-refractivity contribution in [3.63, 3.8) is 0 Å². The average molecular weight is 467 g/mol. The fourth-order valence-corrected chi connectivity index (χ4v) is 19.8. The Bertz CT molecular complexity index is 697. The highest BCUT2D eigenvalue weighted by atomic mass is 28.4. The number of rotatable bonds is 15. The van der Waals surface area contributed by atoms with Crippen LogP contribution in [0.3, 0.4) is 0 Å². The Morgan fingerprint density at radius 3 is 1.28 bits per heavy atom. The van der Waals surface area contributed by atoms with Gasteiger partial charge < -0.3 is 0 Å². The summed E-state index contributed by atoms with van der Waals surface area (Å²) in [6, 6.07) is 23.3. The zero-order valence-electron chi connectivity index (χ0n) is 22.1. The first kappa shape index (κ1) is 27.1. The third-order valence-corrected chi connectivity index (χ3v) is 21.6. The maximum Gasteiger partial charge on any atom is 0.0844 e. The van der Waals surface area contributed by atoms with E-state index < -0.39 is 16.1 Å². The molecule has 0 fully saturated rings. The lowest BCUT2D eigenvalue weighted by Crippen LogP contribution is -2.67. The van der Waals surface area contributed by atoms with Gasteiger partial charge in [-0.2, -0.15) is 0 Å². The second kappa shape index (κ2) is 12.9. The van der Waals surface area contributed by atoms with Crippen molar-refractivity contribution in [2.75, 3.05) is 0 Å². The first-order valence-electron chi connectivity index (χ1n) is 13.4. The van der Waals surface area contributed by atoms with Crippen LogP contribution in [0.1, 0.15) is 84.5 Å². The second-order valence-electron chi connectivity index (χ2n) is 11.0. The van der Waals surface area contributed by atoms with Crippen molar-refractivity contribution in [1.29, 1.82) is 0 Å². The molecule has 0 heterocycles. The molecule has 2 aromatic carbocycles. The Hall–Kier alpha value is -1.13. The van der Waals surface area contributed by atoms with Crippen LogP contribution in [0, 0.1) is 0 Å². The summed E-state index contributed by atoms with van der Waals surface area (Å²) in [5.41, 5.74) is 0. The minimum atomic E-state index is -1.74. The molecule has 0 aromatic heterocycles. The maximum atomic E-state index is 2.71. The first-order chi connectivity index (χ1) is 15.3. The van der Waals surface area contributed by atoms with Crippen molar-refractivity contribution in [1.82, 2.24) is 0 Å². The molecule has 0 aliphatic rings.